The quantitative estimate of drug-likeness (QED) is 0.587. The van der Waals surface area contributed by atoms with Gasteiger partial charge in [0.1, 0.15) is 11.2 Å². The van der Waals surface area contributed by atoms with Crippen LogP contribution in [-0.2, 0) is 28.5 Å². The van der Waals surface area contributed by atoms with E-state index in [0.29, 0.717) is 6.42 Å². The van der Waals surface area contributed by atoms with Gasteiger partial charge in [0.05, 0.1) is 14.2 Å². The Morgan fingerprint density at radius 2 is 1.00 bits per heavy atom. The Morgan fingerprint density at radius 3 is 1.23 bits per heavy atom. The molecule has 0 unspecified atom stereocenters. The van der Waals surface area contributed by atoms with Gasteiger partial charge in [-0.1, -0.05) is 0 Å². The highest BCUT2D eigenvalue weighted by Gasteiger charge is 2.21. The third-order valence-electron chi connectivity index (χ3n) is 2.22. The SMILES string of the molecule is CC(C)(C)OC(=O)NC(=O)OC(C)(C)C.COC(=O)CCCC(=O)OC. The Bertz CT molecular complexity index is 432. The van der Waals surface area contributed by atoms with Crippen molar-refractivity contribution >= 4 is 24.1 Å². The average Bonchev–Trinajstić information content (AvgIpc) is 2.43. The van der Waals surface area contributed by atoms with Gasteiger partial charge in [-0.25, -0.2) is 14.9 Å². The van der Waals surface area contributed by atoms with Crippen LogP contribution in [0.25, 0.3) is 0 Å². The number of hydrogen-bond acceptors (Lipinski definition) is 8. The zero-order chi connectivity index (χ0) is 21.0. The number of alkyl carbamates (subject to hydrolysis) is 2. The Morgan fingerprint density at radius 1 is 0.692 bits per heavy atom. The van der Waals surface area contributed by atoms with E-state index in [9.17, 15) is 19.2 Å². The standard InChI is InChI=1S/C10H19NO4.C7H12O4/c1-9(2,3)14-7(12)11-8(13)15-10(4,5)6;1-10-6(8)4-3-5-7(9)11-2/h1-6H3,(H,11,12,13);3-5H2,1-2H3. The van der Waals surface area contributed by atoms with E-state index < -0.39 is 23.4 Å². The molecule has 0 bridgehead atoms. The van der Waals surface area contributed by atoms with Gasteiger partial charge in [-0.05, 0) is 48.0 Å². The minimum absolute atomic E-state index is 0.269. The number of ether oxygens (including phenoxy) is 4. The molecule has 0 aliphatic heterocycles. The Labute approximate surface area is 154 Å². The lowest BCUT2D eigenvalue weighted by Gasteiger charge is -2.21. The zero-order valence-electron chi connectivity index (χ0n) is 16.9. The fourth-order valence-electron chi connectivity index (χ4n) is 1.27. The zero-order valence-corrected chi connectivity index (χ0v) is 16.9. The van der Waals surface area contributed by atoms with Crippen molar-refractivity contribution in [1.82, 2.24) is 5.32 Å². The Balaban J connectivity index is 0. The molecule has 0 atom stereocenters. The van der Waals surface area contributed by atoms with E-state index in [1.54, 1.807) is 41.5 Å². The second-order valence-corrected chi connectivity index (χ2v) is 7.13. The van der Waals surface area contributed by atoms with Gasteiger partial charge in [-0.2, -0.15) is 0 Å². The van der Waals surface area contributed by atoms with Crippen LogP contribution in [-0.4, -0.2) is 49.5 Å². The highest BCUT2D eigenvalue weighted by Crippen LogP contribution is 2.08. The van der Waals surface area contributed by atoms with Gasteiger partial charge in [0, 0.05) is 12.8 Å². The Kier molecular flexibility index (Phi) is 12.1. The molecule has 0 aliphatic carbocycles. The lowest BCUT2D eigenvalue weighted by atomic mass is 10.2. The van der Waals surface area contributed by atoms with E-state index in [1.807, 2.05) is 5.32 Å². The van der Waals surface area contributed by atoms with Crippen LogP contribution >= 0.6 is 0 Å². The predicted octanol–water partition coefficient (Wildman–Crippen LogP) is 2.95. The summed E-state index contributed by atoms with van der Waals surface area (Å²) in [7, 11) is 2.64. The Hall–Kier alpha value is -2.32. The molecule has 0 radical (unpaired) electrons. The van der Waals surface area contributed by atoms with Gasteiger partial charge in [-0.3, -0.25) is 9.59 Å². The molecule has 0 saturated heterocycles. The third-order valence-corrected chi connectivity index (χ3v) is 2.22. The van der Waals surface area contributed by atoms with Gasteiger partial charge in [0.15, 0.2) is 0 Å². The maximum Gasteiger partial charge on any atom is 0.417 e. The summed E-state index contributed by atoms with van der Waals surface area (Å²) in [6.45, 7) is 10.3. The number of nitrogens with one attached hydrogen (secondary N) is 1. The van der Waals surface area contributed by atoms with Crippen molar-refractivity contribution in [3.05, 3.63) is 0 Å². The minimum atomic E-state index is -0.809. The molecule has 0 aromatic heterocycles. The number of carbonyl (C=O) groups is 4. The van der Waals surface area contributed by atoms with Crippen LogP contribution in [0.15, 0.2) is 0 Å². The molecule has 0 aliphatic rings. The molecular weight excluding hydrogens is 346 g/mol. The van der Waals surface area contributed by atoms with Crippen molar-refractivity contribution in [1.29, 1.82) is 0 Å². The van der Waals surface area contributed by atoms with E-state index in [2.05, 4.69) is 9.47 Å². The summed E-state index contributed by atoms with van der Waals surface area (Å²) in [6.07, 6.45) is -0.593. The van der Waals surface area contributed by atoms with Crippen LogP contribution in [0.2, 0.25) is 0 Å². The number of imide groups is 1. The lowest BCUT2D eigenvalue weighted by molar-refractivity contribution is -0.142. The number of methoxy groups -OCH3 is 2. The molecule has 1 N–H and O–H groups in total. The molecule has 0 aromatic rings. The molecule has 0 spiro atoms. The van der Waals surface area contributed by atoms with Crippen LogP contribution in [0.4, 0.5) is 9.59 Å². The fraction of sp³-hybridized carbons (Fsp3) is 0.765. The van der Waals surface area contributed by atoms with Crippen molar-refractivity contribution in [2.24, 2.45) is 0 Å². The van der Waals surface area contributed by atoms with E-state index in [0.717, 1.165) is 0 Å². The molecule has 0 fully saturated rings. The van der Waals surface area contributed by atoms with E-state index in [4.69, 9.17) is 9.47 Å². The second-order valence-electron chi connectivity index (χ2n) is 7.13. The summed E-state index contributed by atoms with van der Waals surface area (Å²) in [5, 5.41) is 1.97. The summed E-state index contributed by atoms with van der Waals surface area (Å²) in [5.41, 5.74) is -1.27. The first-order valence-electron chi connectivity index (χ1n) is 8.06. The molecule has 26 heavy (non-hydrogen) atoms. The van der Waals surface area contributed by atoms with Gasteiger partial charge in [-0.15, -0.1) is 0 Å². The monoisotopic (exact) mass is 377 g/mol. The van der Waals surface area contributed by atoms with Crippen molar-refractivity contribution in [3.8, 4) is 0 Å². The fourth-order valence-corrected chi connectivity index (χ4v) is 1.27. The van der Waals surface area contributed by atoms with Gasteiger partial charge in [0.2, 0.25) is 0 Å². The highest BCUT2D eigenvalue weighted by molar-refractivity contribution is 5.87. The smallest absolute Gasteiger partial charge is 0.417 e. The van der Waals surface area contributed by atoms with Crippen LogP contribution in [0.5, 0.6) is 0 Å². The number of hydrogen-bond donors (Lipinski definition) is 1. The highest BCUT2D eigenvalue weighted by atomic mass is 16.6. The molecule has 152 valence electrons. The number of rotatable bonds is 4. The summed E-state index contributed by atoms with van der Waals surface area (Å²) >= 11 is 0. The third kappa shape index (κ3) is 19.7. The summed E-state index contributed by atoms with van der Waals surface area (Å²) < 4.78 is 18.5. The summed E-state index contributed by atoms with van der Waals surface area (Å²) in [6, 6.07) is 0. The number of esters is 2. The molecule has 2 amide bonds. The van der Waals surface area contributed by atoms with Gasteiger partial charge in [0.25, 0.3) is 0 Å². The van der Waals surface area contributed by atoms with Crippen LogP contribution in [0.3, 0.4) is 0 Å². The first-order chi connectivity index (χ1) is 11.7. The molecular formula is C17H31NO8. The largest absolute Gasteiger partial charge is 0.469 e. The van der Waals surface area contributed by atoms with E-state index in [-0.39, 0.29) is 24.8 Å². The maximum atomic E-state index is 11.1. The molecule has 0 heterocycles. The van der Waals surface area contributed by atoms with Crippen LogP contribution in [0, 0.1) is 0 Å². The molecule has 0 aromatic carbocycles. The maximum absolute atomic E-state index is 11.1. The molecule has 0 saturated carbocycles. The van der Waals surface area contributed by atoms with E-state index >= 15 is 0 Å². The van der Waals surface area contributed by atoms with Crippen molar-refractivity contribution < 1.29 is 38.1 Å². The van der Waals surface area contributed by atoms with Crippen LogP contribution in [0.1, 0.15) is 60.8 Å². The first kappa shape index (κ1) is 25.9. The topological polar surface area (TPSA) is 117 Å². The average molecular weight is 377 g/mol. The van der Waals surface area contributed by atoms with Crippen molar-refractivity contribution in [3.63, 3.8) is 0 Å². The minimum Gasteiger partial charge on any atom is -0.469 e. The molecule has 9 heteroatoms. The first-order valence-corrected chi connectivity index (χ1v) is 8.06. The number of amides is 2. The number of carbonyl (C=O) groups excluding carboxylic acids is 4. The normalized spacial score (nSPS) is 10.6. The van der Waals surface area contributed by atoms with Crippen molar-refractivity contribution in [2.75, 3.05) is 14.2 Å². The van der Waals surface area contributed by atoms with Crippen molar-refractivity contribution in [2.45, 2.75) is 72.0 Å². The van der Waals surface area contributed by atoms with Crippen LogP contribution < -0.4 is 5.32 Å². The molecule has 9 nitrogen and oxygen atoms in total. The summed E-state index contributed by atoms with van der Waals surface area (Å²) in [5.74, 6) is -0.595. The second kappa shape index (κ2) is 12.1. The van der Waals surface area contributed by atoms with Gasteiger partial charge < -0.3 is 18.9 Å². The lowest BCUT2D eigenvalue weighted by Crippen LogP contribution is -2.39. The molecule has 0 rings (SSSR count). The predicted molar refractivity (Wildman–Crippen MR) is 93.5 cm³/mol. The summed E-state index contributed by atoms with van der Waals surface area (Å²) in [4.78, 5) is 43.3. The van der Waals surface area contributed by atoms with E-state index in [1.165, 1.54) is 14.2 Å². The van der Waals surface area contributed by atoms with Gasteiger partial charge >= 0.3 is 24.1 Å².